The number of carboxylic acid groups (broad SMARTS) is 1. The third-order valence-corrected chi connectivity index (χ3v) is 3.11. The molecule has 0 radical (unpaired) electrons. The van der Waals surface area contributed by atoms with E-state index in [1.807, 2.05) is 0 Å². The van der Waals surface area contributed by atoms with Crippen LogP contribution in [-0.2, 0) is 9.59 Å². The summed E-state index contributed by atoms with van der Waals surface area (Å²) in [6, 6.07) is 0. The molecule has 0 bridgehead atoms. The highest BCUT2D eigenvalue weighted by Gasteiger charge is 2.42. The molecule has 1 aliphatic rings. The van der Waals surface area contributed by atoms with Crippen LogP contribution in [0.25, 0.3) is 0 Å². The number of hydrogen-bond donors (Lipinski definition) is 2. The Morgan fingerprint density at radius 1 is 1.11 bits per heavy atom. The summed E-state index contributed by atoms with van der Waals surface area (Å²) in [6.45, 7) is 0. The van der Waals surface area contributed by atoms with E-state index in [2.05, 4.69) is 5.32 Å². The van der Waals surface area contributed by atoms with E-state index < -0.39 is 30.0 Å². The molecule has 4 nitrogen and oxygen atoms in total. The van der Waals surface area contributed by atoms with Crippen LogP contribution >= 0.6 is 0 Å². The van der Waals surface area contributed by atoms with Crippen LogP contribution in [0.15, 0.2) is 0 Å². The molecule has 0 aromatic carbocycles. The maximum absolute atomic E-state index is 12.1. The molecule has 0 atom stereocenters. The highest BCUT2D eigenvalue weighted by Crippen LogP contribution is 2.28. The Morgan fingerprint density at radius 2 is 1.61 bits per heavy atom. The van der Waals surface area contributed by atoms with Gasteiger partial charge in [-0.25, -0.2) is 4.79 Å². The van der Waals surface area contributed by atoms with Gasteiger partial charge in [-0.1, -0.05) is 25.7 Å². The van der Waals surface area contributed by atoms with Crippen molar-refractivity contribution in [2.45, 2.75) is 56.7 Å². The Labute approximate surface area is 103 Å². The van der Waals surface area contributed by atoms with E-state index in [1.54, 1.807) is 0 Å². The SMILES string of the molecule is O=C(CC(F)(F)F)NC1(C(=O)O)CCCCCC1. The largest absolute Gasteiger partial charge is 0.480 e. The quantitative estimate of drug-likeness (QED) is 0.770. The summed E-state index contributed by atoms with van der Waals surface area (Å²) < 4.78 is 36.2. The molecular formula is C11H16F3NO3. The Bertz CT molecular complexity index is 320. The van der Waals surface area contributed by atoms with Gasteiger partial charge in [0.25, 0.3) is 0 Å². The number of aliphatic carboxylic acids is 1. The van der Waals surface area contributed by atoms with Crippen LogP contribution < -0.4 is 5.32 Å². The zero-order valence-electron chi connectivity index (χ0n) is 9.85. The summed E-state index contributed by atoms with van der Waals surface area (Å²) in [5, 5.41) is 11.2. The zero-order chi connectivity index (χ0) is 13.8. The fraction of sp³-hybridized carbons (Fsp3) is 0.818. The van der Waals surface area contributed by atoms with Gasteiger partial charge >= 0.3 is 12.1 Å². The lowest BCUT2D eigenvalue weighted by Gasteiger charge is -2.29. The van der Waals surface area contributed by atoms with Crippen molar-refractivity contribution in [3.8, 4) is 0 Å². The lowest BCUT2D eigenvalue weighted by atomic mass is 9.90. The van der Waals surface area contributed by atoms with Crippen LogP contribution in [0.2, 0.25) is 0 Å². The molecule has 0 spiro atoms. The highest BCUT2D eigenvalue weighted by atomic mass is 19.4. The van der Waals surface area contributed by atoms with E-state index in [9.17, 15) is 22.8 Å². The molecule has 0 aromatic heterocycles. The molecule has 1 aliphatic carbocycles. The first-order valence-corrected chi connectivity index (χ1v) is 5.86. The van der Waals surface area contributed by atoms with Crippen LogP contribution in [0.3, 0.4) is 0 Å². The lowest BCUT2D eigenvalue weighted by molar-refractivity contribution is -0.160. The van der Waals surface area contributed by atoms with Crippen molar-refractivity contribution in [1.29, 1.82) is 0 Å². The molecule has 0 unspecified atom stereocenters. The summed E-state index contributed by atoms with van der Waals surface area (Å²) in [7, 11) is 0. The number of rotatable bonds is 3. The van der Waals surface area contributed by atoms with Gasteiger partial charge in [-0.15, -0.1) is 0 Å². The molecule has 1 fully saturated rings. The van der Waals surface area contributed by atoms with E-state index in [0.29, 0.717) is 12.8 Å². The van der Waals surface area contributed by atoms with E-state index in [1.165, 1.54) is 0 Å². The number of alkyl halides is 3. The molecule has 7 heteroatoms. The van der Waals surface area contributed by atoms with Crippen LogP contribution in [0.4, 0.5) is 13.2 Å². The number of halogens is 3. The maximum atomic E-state index is 12.1. The minimum atomic E-state index is -4.62. The molecule has 0 saturated heterocycles. The molecule has 18 heavy (non-hydrogen) atoms. The molecule has 0 heterocycles. The van der Waals surface area contributed by atoms with Crippen LogP contribution in [0.5, 0.6) is 0 Å². The zero-order valence-corrected chi connectivity index (χ0v) is 9.85. The van der Waals surface area contributed by atoms with E-state index >= 15 is 0 Å². The molecule has 1 amide bonds. The second-order valence-corrected chi connectivity index (χ2v) is 4.64. The van der Waals surface area contributed by atoms with E-state index in [-0.39, 0.29) is 12.8 Å². The summed E-state index contributed by atoms with van der Waals surface area (Å²) in [5.74, 6) is -2.52. The number of carboxylic acids is 1. The smallest absolute Gasteiger partial charge is 0.397 e. The van der Waals surface area contributed by atoms with Gasteiger partial charge in [0.1, 0.15) is 12.0 Å². The fourth-order valence-corrected chi connectivity index (χ4v) is 2.22. The van der Waals surface area contributed by atoms with Gasteiger partial charge in [0.2, 0.25) is 5.91 Å². The monoisotopic (exact) mass is 267 g/mol. The molecule has 104 valence electrons. The van der Waals surface area contributed by atoms with Crippen molar-refractivity contribution in [3.63, 3.8) is 0 Å². The summed E-state index contributed by atoms with van der Waals surface area (Å²) in [5.41, 5.74) is -1.53. The van der Waals surface area contributed by atoms with Crippen molar-refractivity contribution >= 4 is 11.9 Å². The van der Waals surface area contributed by atoms with Gasteiger partial charge in [0.05, 0.1) is 0 Å². The first-order valence-electron chi connectivity index (χ1n) is 5.86. The van der Waals surface area contributed by atoms with Crippen LogP contribution in [-0.4, -0.2) is 28.7 Å². The molecular weight excluding hydrogens is 251 g/mol. The average Bonchev–Trinajstić information content (AvgIpc) is 2.41. The van der Waals surface area contributed by atoms with Crippen molar-refractivity contribution in [2.24, 2.45) is 0 Å². The second-order valence-electron chi connectivity index (χ2n) is 4.64. The van der Waals surface area contributed by atoms with Gasteiger partial charge in [-0.3, -0.25) is 4.79 Å². The third kappa shape index (κ3) is 4.19. The molecule has 0 aliphatic heterocycles. The fourth-order valence-electron chi connectivity index (χ4n) is 2.22. The van der Waals surface area contributed by atoms with Crippen LogP contribution in [0.1, 0.15) is 44.9 Å². The van der Waals surface area contributed by atoms with Gasteiger partial charge in [-0.2, -0.15) is 13.2 Å². The van der Waals surface area contributed by atoms with Crippen molar-refractivity contribution in [1.82, 2.24) is 5.32 Å². The Morgan fingerprint density at radius 3 is 2.00 bits per heavy atom. The first kappa shape index (κ1) is 14.8. The summed E-state index contributed by atoms with van der Waals surface area (Å²) in [4.78, 5) is 22.5. The lowest BCUT2D eigenvalue weighted by Crippen LogP contribution is -2.54. The van der Waals surface area contributed by atoms with Crippen LogP contribution in [0, 0.1) is 0 Å². The minimum absolute atomic E-state index is 0.186. The van der Waals surface area contributed by atoms with E-state index in [4.69, 9.17) is 5.11 Å². The minimum Gasteiger partial charge on any atom is -0.480 e. The second kappa shape index (κ2) is 5.58. The van der Waals surface area contributed by atoms with Crippen molar-refractivity contribution in [2.75, 3.05) is 0 Å². The number of hydrogen-bond acceptors (Lipinski definition) is 2. The predicted octanol–water partition coefficient (Wildman–Crippen LogP) is 2.23. The predicted molar refractivity (Wildman–Crippen MR) is 56.9 cm³/mol. The first-order chi connectivity index (χ1) is 8.25. The Balaban J connectivity index is 2.73. The van der Waals surface area contributed by atoms with E-state index in [0.717, 1.165) is 12.8 Å². The summed E-state index contributed by atoms with van der Waals surface area (Å²) >= 11 is 0. The normalized spacial score (nSPS) is 19.9. The Kier molecular flexibility index (Phi) is 4.59. The number of carbonyl (C=O) groups is 2. The van der Waals surface area contributed by atoms with Gasteiger partial charge in [0, 0.05) is 0 Å². The van der Waals surface area contributed by atoms with Crippen molar-refractivity contribution in [3.05, 3.63) is 0 Å². The molecule has 2 N–H and O–H groups in total. The molecule has 0 aromatic rings. The standard InChI is InChI=1S/C11H16F3NO3/c12-11(13,14)7-8(16)15-10(9(17)18)5-3-1-2-4-6-10/h1-7H2,(H,15,16)(H,17,18). The molecule has 1 rings (SSSR count). The topological polar surface area (TPSA) is 66.4 Å². The number of carbonyl (C=O) groups excluding carboxylic acids is 1. The molecule has 1 saturated carbocycles. The third-order valence-electron chi connectivity index (χ3n) is 3.11. The number of nitrogens with one attached hydrogen (secondary N) is 1. The van der Waals surface area contributed by atoms with Gasteiger partial charge in [0.15, 0.2) is 0 Å². The van der Waals surface area contributed by atoms with Gasteiger partial charge < -0.3 is 10.4 Å². The average molecular weight is 267 g/mol. The highest BCUT2D eigenvalue weighted by molar-refractivity contribution is 5.87. The Hall–Kier alpha value is -1.27. The van der Waals surface area contributed by atoms with Crippen molar-refractivity contribution < 1.29 is 27.9 Å². The van der Waals surface area contributed by atoms with Gasteiger partial charge in [-0.05, 0) is 12.8 Å². The number of amides is 1. The summed E-state index contributed by atoms with van der Waals surface area (Å²) in [6.07, 6.45) is -3.01. The maximum Gasteiger partial charge on any atom is 0.397 e.